The second-order valence-corrected chi connectivity index (χ2v) is 3.68. The Bertz CT molecular complexity index is 339. The summed E-state index contributed by atoms with van der Waals surface area (Å²) >= 11 is 11.8. The molecule has 0 heterocycles. The van der Waals surface area contributed by atoms with Crippen molar-refractivity contribution in [3.8, 4) is 5.75 Å². The van der Waals surface area contributed by atoms with Crippen LogP contribution in [0.2, 0.25) is 10.0 Å². The fraction of sp³-hybridized carbons (Fsp3) is 0.273. The van der Waals surface area contributed by atoms with Crippen LogP contribution in [-0.4, -0.2) is 20.2 Å². The Morgan fingerprint density at radius 2 is 2.13 bits per heavy atom. The largest absolute Gasteiger partial charge is 0.488 e. The Kier molecular flexibility index (Phi) is 5.54. The normalized spacial score (nSPS) is 10.9. The molecule has 2 nitrogen and oxygen atoms in total. The van der Waals surface area contributed by atoms with E-state index in [1.807, 2.05) is 19.2 Å². The molecule has 0 aliphatic heterocycles. The smallest absolute Gasteiger partial charge is 0.139 e. The van der Waals surface area contributed by atoms with Crippen LogP contribution in [0.25, 0.3) is 0 Å². The van der Waals surface area contributed by atoms with Gasteiger partial charge < -0.3 is 10.1 Å². The first-order valence-electron chi connectivity index (χ1n) is 4.62. The van der Waals surface area contributed by atoms with E-state index < -0.39 is 0 Å². The Balaban J connectivity index is 2.47. The van der Waals surface area contributed by atoms with Crippen LogP contribution >= 0.6 is 23.2 Å². The SMILES string of the molecule is CNC/C=C/COc1cccc(Cl)c1Cl. The molecule has 0 aliphatic rings. The van der Waals surface area contributed by atoms with Gasteiger partial charge in [0.15, 0.2) is 0 Å². The van der Waals surface area contributed by atoms with E-state index in [9.17, 15) is 0 Å². The molecule has 0 aliphatic carbocycles. The molecule has 0 amide bonds. The molecule has 0 aromatic heterocycles. The maximum absolute atomic E-state index is 5.94. The van der Waals surface area contributed by atoms with Gasteiger partial charge in [-0.05, 0) is 19.2 Å². The summed E-state index contributed by atoms with van der Waals surface area (Å²) in [6, 6.07) is 5.33. The van der Waals surface area contributed by atoms with E-state index in [1.54, 1.807) is 18.2 Å². The standard InChI is InChI=1S/C11H13Cl2NO/c1-14-7-2-3-8-15-10-6-4-5-9(12)11(10)13/h2-6,14H,7-8H2,1H3/b3-2+. The first-order valence-corrected chi connectivity index (χ1v) is 5.37. The molecule has 0 bridgehead atoms. The van der Waals surface area contributed by atoms with Gasteiger partial charge in [-0.3, -0.25) is 0 Å². The summed E-state index contributed by atoms with van der Waals surface area (Å²) in [5.41, 5.74) is 0. The van der Waals surface area contributed by atoms with E-state index in [4.69, 9.17) is 27.9 Å². The van der Waals surface area contributed by atoms with E-state index in [1.165, 1.54) is 0 Å². The number of hydrogen-bond donors (Lipinski definition) is 1. The van der Waals surface area contributed by atoms with Gasteiger partial charge in [-0.25, -0.2) is 0 Å². The molecule has 0 radical (unpaired) electrons. The summed E-state index contributed by atoms with van der Waals surface area (Å²) in [5, 5.41) is 3.96. The highest BCUT2D eigenvalue weighted by molar-refractivity contribution is 6.42. The Morgan fingerprint density at radius 3 is 2.87 bits per heavy atom. The lowest BCUT2D eigenvalue weighted by molar-refractivity contribution is 0.363. The average molecular weight is 246 g/mol. The van der Waals surface area contributed by atoms with Crippen molar-refractivity contribution in [2.75, 3.05) is 20.2 Å². The third kappa shape index (κ3) is 4.12. The highest BCUT2D eigenvalue weighted by Gasteiger charge is 2.03. The number of ether oxygens (including phenoxy) is 1. The summed E-state index contributed by atoms with van der Waals surface area (Å²) in [5.74, 6) is 0.610. The lowest BCUT2D eigenvalue weighted by atomic mass is 10.3. The minimum atomic E-state index is 0.459. The Morgan fingerprint density at radius 1 is 1.33 bits per heavy atom. The molecule has 0 saturated carbocycles. The van der Waals surface area contributed by atoms with Gasteiger partial charge in [-0.1, -0.05) is 41.4 Å². The summed E-state index contributed by atoms with van der Waals surface area (Å²) in [6.45, 7) is 1.31. The molecule has 1 rings (SSSR count). The fourth-order valence-corrected chi connectivity index (χ4v) is 1.35. The number of nitrogens with one attached hydrogen (secondary N) is 1. The Hall–Kier alpha value is -0.700. The predicted octanol–water partition coefficient (Wildman–Crippen LogP) is 3.15. The number of halogens is 2. The zero-order valence-corrected chi connectivity index (χ0v) is 9.98. The molecule has 82 valence electrons. The van der Waals surface area contributed by atoms with Gasteiger partial charge in [0, 0.05) is 6.54 Å². The highest BCUT2D eigenvalue weighted by atomic mass is 35.5. The zero-order chi connectivity index (χ0) is 11.1. The first-order chi connectivity index (χ1) is 7.25. The molecule has 0 saturated heterocycles. The van der Waals surface area contributed by atoms with Crippen molar-refractivity contribution in [1.29, 1.82) is 0 Å². The van der Waals surface area contributed by atoms with E-state index in [2.05, 4.69) is 5.32 Å². The molecule has 0 unspecified atom stereocenters. The Labute approximate surface area is 99.8 Å². The van der Waals surface area contributed by atoms with Crippen molar-refractivity contribution in [2.45, 2.75) is 0 Å². The second-order valence-electron chi connectivity index (χ2n) is 2.89. The molecule has 1 N–H and O–H groups in total. The summed E-state index contributed by atoms with van der Waals surface area (Å²) in [7, 11) is 1.89. The fourth-order valence-electron chi connectivity index (χ4n) is 1.00. The third-order valence-electron chi connectivity index (χ3n) is 1.74. The van der Waals surface area contributed by atoms with Crippen LogP contribution in [0.1, 0.15) is 0 Å². The van der Waals surface area contributed by atoms with E-state index in [-0.39, 0.29) is 0 Å². The number of likely N-dealkylation sites (N-methyl/N-ethyl adjacent to an activating group) is 1. The van der Waals surface area contributed by atoms with Crippen molar-refractivity contribution < 1.29 is 4.74 Å². The maximum Gasteiger partial charge on any atom is 0.139 e. The quantitative estimate of drug-likeness (QED) is 0.806. The minimum absolute atomic E-state index is 0.459. The van der Waals surface area contributed by atoms with Crippen LogP contribution < -0.4 is 10.1 Å². The van der Waals surface area contributed by atoms with E-state index >= 15 is 0 Å². The predicted molar refractivity (Wildman–Crippen MR) is 65.0 cm³/mol. The first kappa shape index (κ1) is 12.4. The summed E-state index contributed by atoms with van der Waals surface area (Å²) in [6.07, 6.45) is 3.91. The van der Waals surface area contributed by atoms with Crippen molar-refractivity contribution in [3.05, 3.63) is 40.4 Å². The molecule has 0 fully saturated rings. The van der Waals surface area contributed by atoms with Crippen LogP contribution in [0, 0.1) is 0 Å². The van der Waals surface area contributed by atoms with Gasteiger partial charge in [0.2, 0.25) is 0 Å². The molecular formula is C11H13Cl2NO. The molecule has 1 aromatic rings. The van der Waals surface area contributed by atoms with Crippen LogP contribution in [0.4, 0.5) is 0 Å². The topological polar surface area (TPSA) is 21.3 Å². The van der Waals surface area contributed by atoms with E-state index in [0.29, 0.717) is 22.4 Å². The second kappa shape index (κ2) is 6.72. The number of rotatable bonds is 5. The lowest BCUT2D eigenvalue weighted by Crippen LogP contribution is -2.04. The van der Waals surface area contributed by atoms with Crippen LogP contribution in [0.5, 0.6) is 5.75 Å². The van der Waals surface area contributed by atoms with Crippen molar-refractivity contribution in [1.82, 2.24) is 5.32 Å². The molecule has 15 heavy (non-hydrogen) atoms. The molecular weight excluding hydrogens is 233 g/mol. The van der Waals surface area contributed by atoms with Gasteiger partial charge in [0.05, 0.1) is 5.02 Å². The number of benzene rings is 1. The maximum atomic E-state index is 5.94. The van der Waals surface area contributed by atoms with Crippen molar-refractivity contribution in [3.63, 3.8) is 0 Å². The highest BCUT2D eigenvalue weighted by Crippen LogP contribution is 2.31. The van der Waals surface area contributed by atoms with Crippen LogP contribution in [-0.2, 0) is 0 Å². The number of hydrogen-bond acceptors (Lipinski definition) is 2. The van der Waals surface area contributed by atoms with Gasteiger partial charge in [0.1, 0.15) is 17.4 Å². The molecule has 0 atom stereocenters. The molecule has 4 heteroatoms. The summed E-state index contributed by atoms with van der Waals surface area (Å²) < 4.78 is 5.43. The monoisotopic (exact) mass is 245 g/mol. The van der Waals surface area contributed by atoms with Gasteiger partial charge in [0.25, 0.3) is 0 Å². The van der Waals surface area contributed by atoms with Crippen LogP contribution in [0.15, 0.2) is 30.4 Å². The average Bonchev–Trinajstić information content (AvgIpc) is 2.24. The van der Waals surface area contributed by atoms with Crippen molar-refractivity contribution >= 4 is 23.2 Å². The van der Waals surface area contributed by atoms with Gasteiger partial charge in [-0.2, -0.15) is 0 Å². The van der Waals surface area contributed by atoms with Gasteiger partial charge in [-0.15, -0.1) is 0 Å². The zero-order valence-electron chi connectivity index (χ0n) is 8.47. The third-order valence-corrected chi connectivity index (χ3v) is 2.54. The lowest BCUT2D eigenvalue weighted by Gasteiger charge is -2.06. The van der Waals surface area contributed by atoms with Crippen molar-refractivity contribution in [2.24, 2.45) is 0 Å². The van der Waals surface area contributed by atoms with E-state index in [0.717, 1.165) is 6.54 Å². The van der Waals surface area contributed by atoms with Gasteiger partial charge >= 0.3 is 0 Å². The molecule has 0 spiro atoms. The molecule has 1 aromatic carbocycles. The minimum Gasteiger partial charge on any atom is -0.488 e. The van der Waals surface area contributed by atoms with Crippen LogP contribution in [0.3, 0.4) is 0 Å². The summed E-state index contributed by atoms with van der Waals surface area (Å²) in [4.78, 5) is 0.